The number of methoxy groups -OCH3 is 1. The lowest BCUT2D eigenvalue weighted by molar-refractivity contribution is -0.144. The summed E-state index contributed by atoms with van der Waals surface area (Å²) in [6, 6.07) is 6.81. The number of aliphatic hydroxyl groups excluding tert-OH is 2. The highest BCUT2D eigenvalue weighted by molar-refractivity contribution is 5.85. The van der Waals surface area contributed by atoms with E-state index in [2.05, 4.69) is 4.98 Å². The van der Waals surface area contributed by atoms with Crippen LogP contribution in [0.15, 0.2) is 36.5 Å². The van der Waals surface area contributed by atoms with Gasteiger partial charge in [-0.25, -0.2) is 18.7 Å². The van der Waals surface area contributed by atoms with E-state index in [4.69, 9.17) is 9.47 Å². The maximum atomic E-state index is 13.4. The molecule has 40 heavy (non-hydrogen) atoms. The third-order valence-corrected chi connectivity index (χ3v) is 7.63. The van der Waals surface area contributed by atoms with E-state index in [1.807, 2.05) is 4.90 Å². The molecule has 9 nitrogen and oxygen atoms in total. The summed E-state index contributed by atoms with van der Waals surface area (Å²) < 4.78 is 50.6. The number of nitrogens with one attached hydrogen (secondary N) is 1. The standard InChI is InChI=1S/C28H32F3N3O6/c1-39-18-2-3-23-20(12-18)25(17(16-35)15-32-23)24(36)4-5-28(27(37)33-38)6-8-34(9-7-28)10-11-40-19-13-21(29)26(31)22(30)14-19/h2-3,12-15,24,35-36,38H,4-11,16H2,1H3,(H,33,37). The zero-order valence-corrected chi connectivity index (χ0v) is 22.0. The number of aromatic nitrogens is 1. The number of pyridine rings is 1. The predicted molar refractivity (Wildman–Crippen MR) is 138 cm³/mol. The van der Waals surface area contributed by atoms with Gasteiger partial charge in [-0.05, 0) is 62.5 Å². The van der Waals surface area contributed by atoms with Gasteiger partial charge in [0.25, 0.3) is 0 Å². The average molecular weight is 564 g/mol. The highest BCUT2D eigenvalue weighted by atomic mass is 19.2. The number of hydroxylamine groups is 1. The number of aliphatic hydroxyl groups is 2. The van der Waals surface area contributed by atoms with E-state index in [1.165, 1.54) is 13.3 Å². The second kappa shape index (κ2) is 12.8. The van der Waals surface area contributed by atoms with Crippen molar-refractivity contribution in [1.29, 1.82) is 0 Å². The molecule has 2 aromatic carbocycles. The summed E-state index contributed by atoms with van der Waals surface area (Å²) in [6.45, 7) is 1.09. The fourth-order valence-electron chi connectivity index (χ4n) is 5.26. The lowest BCUT2D eigenvalue weighted by Crippen LogP contribution is -2.49. The molecule has 1 unspecified atom stereocenters. The van der Waals surface area contributed by atoms with Crippen LogP contribution in [-0.4, -0.2) is 64.6 Å². The molecule has 4 rings (SSSR count). The first-order valence-corrected chi connectivity index (χ1v) is 12.9. The Morgan fingerprint density at radius 3 is 2.48 bits per heavy atom. The number of ether oxygens (including phenoxy) is 2. The van der Waals surface area contributed by atoms with Crippen LogP contribution in [0, 0.1) is 22.9 Å². The quantitative estimate of drug-likeness (QED) is 0.158. The van der Waals surface area contributed by atoms with Crippen LogP contribution < -0.4 is 15.0 Å². The highest BCUT2D eigenvalue weighted by Gasteiger charge is 2.41. The topological polar surface area (TPSA) is 124 Å². The number of hydrogen-bond acceptors (Lipinski definition) is 8. The summed E-state index contributed by atoms with van der Waals surface area (Å²) in [5.41, 5.74) is 2.41. The minimum atomic E-state index is -1.56. The number of nitrogens with zero attached hydrogens (tertiary/aromatic N) is 2. The van der Waals surface area contributed by atoms with Crippen molar-refractivity contribution in [3.63, 3.8) is 0 Å². The molecule has 1 aliphatic heterocycles. The van der Waals surface area contributed by atoms with Crippen molar-refractivity contribution in [2.75, 3.05) is 33.4 Å². The van der Waals surface area contributed by atoms with E-state index >= 15 is 0 Å². The third-order valence-electron chi connectivity index (χ3n) is 7.63. The van der Waals surface area contributed by atoms with Crippen LogP contribution in [0.25, 0.3) is 10.9 Å². The number of rotatable bonds is 11. The molecule has 0 aliphatic carbocycles. The van der Waals surface area contributed by atoms with Crippen molar-refractivity contribution in [2.45, 2.75) is 38.4 Å². The number of benzene rings is 2. The van der Waals surface area contributed by atoms with Gasteiger partial charge in [-0.1, -0.05) is 0 Å². The molecule has 1 aliphatic rings. The van der Waals surface area contributed by atoms with Crippen LogP contribution in [0.4, 0.5) is 13.2 Å². The van der Waals surface area contributed by atoms with E-state index in [-0.39, 0.29) is 31.8 Å². The minimum Gasteiger partial charge on any atom is -0.497 e. The van der Waals surface area contributed by atoms with Gasteiger partial charge < -0.3 is 19.7 Å². The van der Waals surface area contributed by atoms with Gasteiger partial charge in [0.1, 0.15) is 18.1 Å². The molecule has 0 spiro atoms. The SMILES string of the molecule is COc1ccc2ncc(CO)c(C(O)CCC3(C(=O)NO)CCN(CCOc4cc(F)c(F)c(F)c4)CC3)c2c1. The summed E-state index contributed by atoms with van der Waals surface area (Å²) in [7, 11) is 1.53. The Kier molecular flexibility index (Phi) is 9.46. The molecule has 1 fully saturated rings. The van der Waals surface area contributed by atoms with Gasteiger partial charge in [0.05, 0.1) is 30.8 Å². The lowest BCUT2D eigenvalue weighted by Gasteiger charge is -2.40. The third kappa shape index (κ3) is 6.30. The number of amides is 1. The Morgan fingerprint density at radius 1 is 1.15 bits per heavy atom. The molecule has 4 N–H and O–H groups in total. The van der Waals surface area contributed by atoms with E-state index in [0.717, 1.165) is 12.1 Å². The Labute approximate surface area is 229 Å². The number of carbonyl (C=O) groups is 1. The van der Waals surface area contributed by atoms with Crippen LogP contribution in [-0.2, 0) is 11.4 Å². The van der Waals surface area contributed by atoms with Gasteiger partial charge in [0.15, 0.2) is 17.5 Å². The first kappa shape index (κ1) is 29.5. The maximum Gasteiger partial charge on any atom is 0.249 e. The van der Waals surface area contributed by atoms with E-state index < -0.39 is 34.9 Å². The smallest absolute Gasteiger partial charge is 0.249 e. The first-order valence-electron chi connectivity index (χ1n) is 12.9. The normalized spacial score (nSPS) is 16.1. The second-order valence-electron chi connectivity index (χ2n) is 9.91. The molecule has 1 atom stereocenters. The lowest BCUT2D eigenvalue weighted by atomic mass is 9.73. The fraction of sp³-hybridized carbons (Fsp3) is 0.429. The van der Waals surface area contributed by atoms with Gasteiger partial charge in [-0.3, -0.25) is 19.9 Å². The summed E-state index contributed by atoms with van der Waals surface area (Å²) in [4.78, 5) is 19.1. The molecular formula is C28H32F3N3O6. The average Bonchev–Trinajstić information content (AvgIpc) is 2.97. The van der Waals surface area contributed by atoms with E-state index in [0.29, 0.717) is 60.3 Å². The molecule has 0 radical (unpaired) electrons. The second-order valence-corrected chi connectivity index (χ2v) is 9.91. The maximum absolute atomic E-state index is 13.4. The molecule has 3 aromatic rings. The summed E-state index contributed by atoms with van der Waals surface area (Å²) in [6.07, 6.45) is 1.69. The zero-order chi connectivity index (χ0) is 28.9. The number of carbonyl (C=O) groups excluding carboxylic acids is 1. The van der Waals surface area contributed by atoms with Crippen LogP contribution in [0.2, 0.25) is 0 Å². The Balaban J connectivity index is 1.41. The number of halogens is 3. The monoisotopic (exact) mass is 563 g/mol. The summed E-state index contributed by atoms with van der Waals surface area (Å²) >= 11 is 0. The molecule has 1 amide bonds. The predicted octanol–water partition coefficient (Wildman–Crippen LogP) is 3.63. The van der Waals surface area contributed by atoms with Crippen molar-refractivity contribution < 1.29 is 42.9 Å². The molecule has 2 heterocycles. The number of piperidine rings is 1. The minimum absolute atomic E-state index is 0.0882. The van der Waals surface area contributed by atoms with Gasteiger partial charge in [-0.15, -0.1) is 0 Å². The Hall–Kier alpha value is -3.45. The van der Waals surface area contributed by atoms with Crippen molar-refractivity contribution >= 4 is 16.8 Å². The molecular weight excluding hydrogens is 531 g/mol. The summed E-state index contributed by atoms with van der Waals surface area (Å²) in [5, 5.41) is 31.3. The number of hydrogen-bond donors (Lipinski definition) is 4. The first-order chi connectivity index (χ1) is 19.2. The summed E-state index contributed by atoms with van der Waals surface area (Å²) in [5.74, 6) is -4.33. The zero-order valence-electron chi connectivity index (χ0n) is 22.0. The Morgan fingerprint density at radius 2 is 1.85 bits per heavy atom. The van der Waals surface area contributed by atoms with Gasteiger partial charge in [-0.2, -0.15) is 0 Å². The van der Waals surface area contributed by atoms with E-state index in [1.54, 1.807) is 23.7 Å². The molecule has 0 saturated carbocycles. The molecule has 1 aromatic heterocycles. The molecule has 216 valence electrons. The van der Waals surface area contributed by atoms with Crippen LogP contribution >= 0.6 is 0 Å². The fourth-order valence-corrected chi connectivity index (χ4v) is 5.26. The largest absolute Gasteiger partial charge is 0.497 e. The van der Waals surface area contributed by atoms with Gasteiger partial charge in [0.2, 0.25) is 5.91 Å². The molecule has 0 bridgehead atoms. The van der Waals surface area contributed by atoms with Crippen LogP contribution in [0.3, 0.4) is 0 Å². The van der Waals surface area contributed by atoms with E-state index in [9.17, 15) is 33.4 Å². The van der Waals surface area contributed by atoms with Gasteiger partial charge in [0, 0.05) is 35.8 Å². The molecule has 12 heteroatoms. The van der Waals surface area contributed by atoms with Gasteiger partial charge >= 0.3 is 0 Å². The Bertz CT molecular complexity index is 1320. The number of likely N-dealkylation sites (tertiary alicyclic amines) is 1. The van der Waals surface area contributed by atoms with Crippen molar-refractivity contribution in [3.05, 3.63) is 65.1 Å². The number of fused-ring (bicyclic) bond motifs is 1. The van der Waals surface area contributed by atoms with Crippen molar-refractivity contribution in [3.8, 4) is 11.5 Å². The highest BCUT2D eigenvalue weighted by Crippen LogP contribution is 2.40. The van der Waals surface area contributed by atoms with Crippen LogP contribution in [0.5, 0.6) is 11.5 Å². The van der Waals surface area contributed by atoms with Crippen LogP contribution in [0.1, 0.15) is 42.9 Å². The molecule has 1 saturated heterocycles. The van der Waals surface area contributed by atoms with Crippen molar-refractivity contribution in [1.82, 2.24) is 15.4 Å². The van der Waals surface area contributed by atoms with Crippen molar-refractivity contribution in [2.24, 2.45) is 5.41 Å².